The van der Waals surface area contributed by atoms with Gasteiger partial charge in [-0.2, -0.15) is 0 Å². The van der Waals surface area contributed by atoms with Crippen LogP contribution in [0.4, 0.5) is 0 Å². The summed E-state index contributed by atoms with van der Waals surface area (Å²) in [5.41, 5.74) is 10.3. The van der Waals surface area contributed by atoms with Crippen LogP contribution in [0.1, 0.15) is 34.5 Å². The quantitative estimate of drug-likeness (QED) is 0.723. The van der Waals surface area contributed by atoms with Crippen molar-refractivity contribution in [2.45, 2.75) is 26.7 Å². The number of aromatic nitrogens is 2. The van der Waals surface area contributed by atoms with Crippen molar-refractivity contribution in [2.24, 2.45) is 11.7 Å². The van der Waals surface area contributed by atoms with E-state index in [1.54, 1.807) is 0 Å². The molecule has 1 aliphatic heterocycles. The molecular weight excluding hydrogens is 376 g/mol. The van der Waals surface area contributed by atoms with Crippen LogP contribution < -0.4 is 5.73 Å². The SMILES string of the molecule is Cc1ccc(-c2cc(C(=O)N3CCC(CN)CC3)c3c(C)noc3n2)cc1.Cl. The average Bonchev–Trinajstić information content (AvgIpc) is 3.08. The van der Waals surface area contributed by atoms with Crippen molar-refractivity contribution in [1.82, 2.24) is 15.0 Å². The van der Waals surface area contributed by atoms with Gasteiger partial charge in [-0.05, 0) is 45.2 Å². The first-order valence-electron chi connectivity index (χ1n) is 9.40. The molecule has 0 bridgehead atoms. The van der Waals surface area contributed by atoms with E-state index in [1.807, 2.05) is 49.1 Å². The molecule has 0 spiro atoms. The van der Waals surface area contributed by atoms with Crippen molar-refractivity contribution in [3.63, 3.8) is 0 Å². The van der Waals surface area contributed by atoms with Crippen LogP contribution in [0, 0.1) is 19.8 Å². The van der Waals surface area contributed by atoms with E-state index >= 15 is 0 Å². The van der Waals surface area contributed by atoms with E-state index in [-0.39, 0.29) is 18.3 Å². The average molecular weight is 401 g/mol. The van der Waals surface area contributed by atoms with Crippen LogP contribution in [0.25, 0.3) is 22.4 Å². The van der Waals surface area contributed by atoms with Gasteiger partial charge in [0.05, 0.1) is 22.3 Å². The minimum Gasteiger partial charge on any atom is -0.339 e. The summed E-state index contributed by atoms with van der Waals surface area (Å²) < 4.78 is 5.40. The summed E-state index contributed by atoms with van der Waals surface area (Å²) >= 11 is 0. The Kier molecular flexibility index (Phi) is 6.01. The van der Waals surface area contributed by atoms with E-state index in [1.165, 1.54) is 5.56 Å². The summed E-state index contributed by atoms with van der Waals surface area (Å²) in [5.74, 6) is 0.518. The highest BCUT2D eigenvalue weighted by molar-refractivity contribution is 6.07. The summed E-state index contributed by atoms with van der Waals surface area (Å²) in [5, 5.41) is 4.74. The molecule has 4 rings (SSSR count). The Labute approximate surface area is 170 Å². The lowest BCUT2D eigenvalue weighted by Gasteiger charge is -2.31. The van der Waals surface area contributed by atoms with Crippen molar-refractivity contribution in [3.05, 3.63) is 47.2 Å². The number of carbonyl (C=O) groups is 1. The summed E-state index contributed by atoms with van der Waals surface area (Å²) in [4.78, 5) is 19.8. The number of fused-ring (bicyclic) bond motifs is 1. The molecule has 148 valence electrons. The van der Waals surface area contributed by atoms with Gasteiger partial charge in [-0.15, -0.1) is 12.4 Å². The van der Waals surface area contributed by atoms with E-state index in [9.17, 15) is 4.79 Å². The molecule has 0 aliphatic carbocycles. The summed E-state index contributed by atoms with van der Waals surface area (Å²) in [7, 11) is 0. The first-order valence-corrected chi connectivity index (χ1v) is 9.40. The first kappa shape index (κ1) is 20.3. The zero-order chi connectivity index (χ0) is 19.0. The third kappa shape index (κ3) is 3.75. The Balaban J connectivity index is 0.00000225. The number of carbonyl (C=O) groups excluding carboxylic acids is 1. The molecule has 2 N–H and O–H groups in total. The molecule has 6 nitrogen and oxygen atoms in total. The maximum Gasteiger partial charge on any atom is 0.259 e. The Morgan fingerprint density at radius 3 is 2.54 bits per heavy atom. The van der Waals surface area contributed by atoms with Gasteiger partial charge >= 0.3 is 0 Å². The van der Waals surface area contributed by atoms with Crippen molar-refractivity contribution in [1.29, 1.82) is 0 Å². The molecule has 2 aromatic heterocycles. The standard InChI is InChI=1S/C21H24N4O2.ClH/c1-13-3-5-16(6-4-13)18-11-17(19-14(2)24-27-20(19)23-18)21(26)25-9-7-15(12-22)8-10-25;/h3-6,11,15H,7-10,12,22H2,1-2H3;1H. The number of nitrogens with two attached hydrogens (primary N) is 1. The predicted octanol–water partition coefficient (Wildman–Crippen LogP) is 3.74. The van der Waals surface area contributed by atoms with Crippen molar-refractivity contribution in [2.75, 3.05) is 19.6 Å². The number of piperidine rings is 1. The maximum atomic E-state index is 13.3. The number of likely N-dealkylation sites (tertiary alicyclic amines) is 1. The lowest BCUT2D eigenvalue weighted by Crippen LogP contribution is -2.40. The van der Waals surface area contributed by atoms with E-state index in [0.29, 0.717) is 34.8 Å². The van der Waals surface area contributed by atoms with E-state index in [0.717, 1.165) is 37.2 Å². The number of hydrogen-bond donors (Lipinski definition) is 1. The lowest BCUT2D eigenvalue weighted by atomic mass is 9.96. The number of aryl methyl sites for hydroxylation is 2. The topological polar surface area (TPSA) is 85.2 Å². The van der Waals surface area contributed by atoms with Crippen LogP contribution in [-0.2, 0) is 0 Å². The highest BCUT2D eigenvalue weighted by Crippen LogP contribution is 2.29. The Morgan fingerprint density at radius 1 is 1.21 bits per heavy atom. The summed E-state index contributed by atoms with van der Waals surface area (Å²) in [6.07, 6.45) is 1.90. The van der Waals surface area contributed by atoms with Crippen molar-refractivity contribution in [3.8, 4) is 11.3 Å². The molecule has 3 aromatic rings. The molecule has 1 fully saturated rings. The van der Waals surface area contributed by atoms with Gasteiger partial charge in [0.1, 0.15) is 0 Å². The van der Waals surface area contributed by atoms with Crippen molar-refractivity contribution < 1.29 is 9.32 Å². The number of hydrogen-bond acceptors (Lipinski definition) is 5. The van der Waals surface area contributed by atoms with E-state index in [4.69, 9.17) is 10.3 Å². The molecule has 28 heavy (non-hydrogen) atoms. The minimum absolute atomic E-state index is 0. The molecule has 1 amide bonds. The largest absolute Gasteiger partial charge is 0.339 e. The highest BCUT2D eigenvalue weighted by atomic mass is 35.5. The van der Waals surface area contributed by atoms with Crippen LogP contribution in [0.15, 0.2) is 34.9 Å². The lowest BCUT2D eigenvalue weighted by molar-refractivity contribution is 0.0695. The first-order chi connectivity index (χ1) is 13.1. The number of nitrogens with zero attached hydrogens (tertiary/aromatic N) is 3. The van der Waals surface area contributed by atoms with Gasteiger partial charge in [0.25, 0.3) is 11.6 Å². The number of pyridine rings is 1. The second-order valence-corrected chi connectivity index (χ2v) is 7.34. The Morgan fingerprint density at radius 2 is 1.89 bits per heavy atom. The molecular formula is C21H25ClN4O2. The minimum atomic E-state index is 0. The van der Waals surface area contributed by atoms with Gasteiger partial charge in [0, 0.05) is 18.7 Å². The number of rotatable bonds is 3. The van der Waals surface area contributed by atoms with Crippen molar-refractivity contribution >= 4 is 29.4 Å². The normalized spacial score (nSPS) is 14.9. The molecule has 1 saturated heterocycles. The molecule has 0 radical (unpaired) electrons. The van der Waals surface area contributed by atoms with E-state index < -0.39 is 0 Å². The van der Waals surface area contributed by atoms with Gasteiger partial charge in [0.2, 0.25) is 0 Å². The van der Waals surface area contributed by atoms with Gasteiger partial charge in [-0.3, -0.25) is 4.79 Å². The number of amides is 1. The van der Waals surface area contributed by atoms with Gasteiger partial charge < -0.3 is 15.2 Å². The van der Waals surface area contributed by atoms with Crippen LogP contribution in [0.2, 0.25) is 0 Å². The smallest absolute Gasteiger partial charge is 0.259 e. The van der Waals surface area contributed by atoms with Crippen LogP contribution >= 0.6 is 12.4 Å². The molecule has 0 unspecified atom stereocenters. The molecule has 1 aliphatic rings. The van der Waals surface area contributed by atoms with Gasteiger partial charge in [-0.25, -0.2) is 4.98 Å². The fraction of sp³-hybridized carbons (Fsp3) is 0.381. The number of halogens is 1. The Hall–Kier alpha value is -2.44. The fourth-order valence-corrected chi connectivity index (χ4v) is 3.68. The Bertz CT molecular complexity index is 976. The monoisotopic (exact) mass is 400 g/mol. The van der Waals surface area contributed by atoms with Gasteiger partial charge in [-0.1, -0.05) is 35.0 Å². The van der Waals surface area contributed by atoms with Crippen LogP contribution in [-0.4, -0.2) is 40.6 Å². The zero-order valence-corrected chi connectivity index (χ0v) is 17.0. The molecule has 3 heterocycles. The van der Waals surface area contributed by atoms with Gasteiger partial charge in [0.15, 0.2) is 0 Å². The predicted molar refractivity (Wildman–Crippen MR) is 112 cm³/mol. The van der Waals surface area contributed by atoms with Crippen LogP contribution in [0.3, 0.4) is 0 Å². The van der Waals surface area contributed by atoms with E-state index in [2.05, 4.69) is 10.1 Å². The third-order valence-electron chi connectivity index (χ3n) is 5.43. The summed E-state index contributed by atoms with van der Waals surface area (Å²) in [6.45, 7) is 6.03. The zero-order valence-electron chi connectivity index (χ0n) is 16.1. The molecule has 1 aromatic carbocycles. The summed E-state index contributed by atoms with van der Waals surface area (Å²) in [6, 6.07) is 9.95. The molecule has 0 atom stereocenters. The fourth-order valence-electron chi connectivity index (χ4n) is 3.68. The molecule has 7 heteroatoms. The maximum absolute atomic E-state index is 13.3. The van der Waals surface area contributed by atoms with Crippen LogP contribution in [0.5, 0.6) is 0 Å². The second kappa shape index (κ2) is 8.29. The second-order valence-electron chi connectivity index (χ2n) is 7.34. The number of benzene rings is 1. The third-order valence-corrected chi connectivity index (χ3v) is 5.43. The molecule has 0 saturated carbocycles. The highest BCUT2D eigenvalue weighted by Gasteiger charge is 2.26.